The van der Waals surface area contributed by atoms with Gasteiger partial charge in [0.1, 0.15) is 0 Å². The number of nitrogens with zero attached hydrogens (tertiary/aromatic N) is 1. The van der Waals surface area contributed by atoms with Crippen LogP contribution < -0.4 is 0 Å². The Kier molecular flexibility index (Phi) is 4.90. The van der Waals surface area contributed by atoms with E-state index in [1.165, 1.54) is 9.80 Å². The minimum Gasteiger partial charge on any atom is -0.465 e. The van der Waals surface area contributed by atoms with Crippen molar-refractivity contribution in [1.29, 1.82) is 0 Å². The third kappa shape index (κ3) is 3.99. The number of carboxylic acid groups (broad SMARTS) is 1. The van der Waals surface area contributed by atoms with Crippen LogP contribution in [-0.4, -0.2) is 23.1 Å². The summed E-state index contributed by atoms with van der Waals surface area (Å²) in [4.78, 5) is 14.3. The largest absolute Gasteiger partial charge is 0.465 e. The Balaban J connectivity index is 2.11. The second kappa shape index (κ2) is 6.45. The van der Waals surface area contributed by atoms with Crippen LogP contribution in [0, 0.1) is 0 Å². The number of hydrogen-bond acceptors (Lipinski definition) is 3. The van der Waals surface area contributed by atoms with Crippen LogP contribution >= 0.6 is 39.0 Å². The van der Waals surface area contributed by atoms with Crippen molar-refractivity contribution in [3.05, 3.63) is 45.7 Å². The minimum absolute atomic E-state index is 0.411. The van der Waals surface area contributed by atoms with E-state index < -0.39 is 6.09 Å². The molecule has 0 aliphatic heterocycles. The van der Waals surface area contributed by atoms with Crippen LogP contribution in [0.25, 0.3) is 0 Å². The Bertz CT molecular complexity index is 571. The Morgan fingerprint density at radius 1 is 1.42 bits per heavy atom. The lowest BCUT2D eigenvalue weighted by Crippen LogP contribution is -2.23. The highest BCUT2D eigenvalue weighted by molar-refractivity contribution is 9.10. The molecule has 0 spiro atoms. The van der Waals surface area contributed by atoms with Gasteiger partial charge in [-0.3, -0.25) is 0 Å². The van der Waals surface area contributed by atoms with Crippen molar-refractivity contribution in [3.8, 4) is 0 Å². The van der Waals surface area contributed by atoms with Gasteiger partial charge in [-0.2, -0.15) is 0 Å². The molecule has 2 rings (SSSR count). The average Bonchev–Trinajstić information content (AvgIpc) is 2.71. The molecule has 6 heteroatoms. The van der Waals surface area contributed by atoms with Crippen molar-refractivity contribution in [1.82, 2.24) is 4.90 Å². The van der Waals surface area contributed by atoms with E-state index in [9.17, 15) is 4.79 Å². The lowest BCUT2D eigenvalue weighted by molar-refractivity contribution is 0.154. The first-order valence-electron chi connectivity index (χ1n) is 5.51. The molecule has 1 aromatic carbocycles. The third-order valence-corrected chi connectivity index (χ3v) is 5.86. The van der Waals surface area contributed by atoms with E-state index >= 15 is 0 Å². The van der Waals surface area contributed by atoms with Crippen molar-refractivity contribution in [2.75, 3.05) is 7.05 Å². The molecule has 0 saturated heterocycles. The zero-order valence-electron chi connectivity index (χ0n) is 10.2. The summed E-state index contributed by atoms with van der Waals surface area (Å²) in [5.74, 6) is 0. The van der Waals surface area contributed by atoms with Gasteiger partial charge >= 0.3 is 6.09 Å². The Morgan fingerprint density at radius 3 is 2.74 bits per heavy atom. The van der Waals surface area contributed by atoms with Gasteiger partial charge in [-0.15, -0.1) is 11.3 Å². The fourth-order valence-corrected chi connectivity index (χ4v) is 4.63. The first-order chi connectivity index (χ1) is 9.06. The van der Waals surface area contributed by atoms with Gasteiger partial charge in [0.15, 0.2) is 0 Å². The molecule has 0 bridgehead atoms. The Morgan fingerprint density at radius 2 is 2.11 bits per heavy atom. The summed E-state index contributed by atoms with van der Waals surface area (Å²) >= 11 is 6.81. The van der Waals surface area contributed by atoms with E-state index in [4.69, 9.17) is 5.11 Å². The van der Waals surface area contributed by atoms with Gasteiger partial charge in [0.2, 0.25) is 0 Å². The van der Waals surface area contributed by atoms with E-state index in [0.29, 0.717) is 6.54 Å². The molecule has 1 aromatic heterocycles. The van der Waals surface area contributed by atoms with E-state index in [1.54, 1.807) is 30.1 Å². The number of hydrogen-bond donors (Lipinski definition) is 1. The first kappa shape index (κ1) is 14.4. The second-order valence-electron chi connectivity index (χ2n) is 3.90. The van der Waals surface area contributed by atoms with E-state index in [0.717, 1.165) is 13.6 Å². The van der Waals surface area contributed by atoms with Crippen LogP contribution in [-0.2, 0) is 6.54 Å². The Labute approximate surface area is 128 Å². The molecule has 2 aromatic rings. The Hall–Kier alpha value is -0.980. The van der Waals surface area contributed by atoms with Gasteiger partial charge in [-0.1, -0.05) is 30.0 Å². The predicted octanol–water partition coefficient (Wildman–Crippen LogP) is 4.77. The first-order valence-corrected chi connectivity index (χ1v) is 7.94. The summed E-state index contributed by atoms with van der Waals surface area (Å²) in [6.07, 6.45) is -0.915. The highest BCUT2D eigenvalue weighted by Crippen LogP contribution is 2.40. The van der Waals surface area contributed by atoms with Gasteiger partial charge in [0.25, 0.3) is 0 Å². The molecule has 100 valence electrons. The molecule has 0 unspecified atom stereocenters. The molecule has 3 nitrogen and oxygen atoms in total. The molecule has 19 heavy (non-hydrogen) atoms. The molecular weight excluding hydrogens is 346 g/mol. The normalized spacial score (nSPS) is 10.4. The number of carbonyl (C=O) groups is 1. The van der Waals surface area contributed by atoms with Crippen molar-refractivity contribution >= 4 is 45.1 Å². The van der Waals surface area contributed by atoms with Gasteiger partial charge in [-0.25, -0.2) is 4.79 Å². The van der Waals surface area contributed by atoms with Gasteiger partial charge in [0.05, 0.1) is 10.8 Å². The molecule has 1 N–H and O–H groups in total. The fraction of sp³-hybridized carbons (Fsp3) is 0.154. The van der Waals surface area contributed by atoms with Crippen LogP contribution in [0.15, 0.2) is 50.0 Å². The maximum absolute atomic E-state index is 10.8. The summed E-state index contributed by atoms with van der Waals surface area (Å²) < 4.78 is 2.15. The van der Waals surface area contributed by atoms with Crippen LogP contribution in [0.4, 0.5) is 4.79 Å². The maximum atomic E-state index is 10.8. The summed E-state index contributed by atoms with van der Waals surface area (Å²) in [6, 6.07) is 12.1. The number of thiophene rings is 1. The number of halogens is 1. The van der Waals surface area contributed by atoms with Crippen molar-refractivity contribution in [2.45, 2.75) is 15.6 Å². The van der Waals surface area contributed by atoms with Crippen LogP contribution in [0.3, 0.4) is 0 Å². The van der Waals surface area contributed by atoms with Crippen LogP contribution in [0.1, 0.15) is 4.88 Å². The van der Waals surface area contributed by atoms with Gasteiger partial charge in [-0.05, 0) is 34.1 Å². The van der Waals surface area contributed by atoms with Crippen molar-refractivity contribution in [2.24, 2.45) is 0 Å². The van der Waals surface area contributed by atoms with Gasteiger partial charge < -0.3 is 10.0 Å². The zero-order valence-corrected chi connectivity index (χ0v) is 13.4. The lowest BCUT2D eigenvalue weighted by Gasteiger charge is -2.10. The molecule has 0 fully saturated rings. The summed E-state index contributed by atoms with van der Waals surface area (Å²) in [6.45, 7) is 0.411. The zero-order chi connectivity index (χ0) is 13.8. The molecular formula is C13H12BrNO2S2. The molecule has 0 atom stereocenters. The maximum Gasteiger partial charge on any atom is 0.407 e. The molecule has 0 aliphatic carbocycles. The third-order valence-electron chi connectivity index (χ3n) is 2.38. The predicted molar refractivity (Wildman–Crippen MR) is 82.1 cm³/mol. The number of rotatable bonds is 4. The highest BCUT2D eigenvalue weighted by Gasteiger charge is 2.12. The molecule has 0 aliphatic rings. The minimum atomic E-state index is -0.915. The second-order valence-corrected chi connectivity index (χ2v) is 7.24. The average molecular weight is 358 g/mol. The smallest absolute Gasteiger partial charge is 0.407 e. The summed E-state index contributed by atoms with van der Waals surface area (Å²) in [5.41, 5.74) is 0. The molecule has 1 heterocycles. The topological polar surface area (TPSA) is 40.5 Å². The summed E-state index contributed by atoms with van der Waals surface area (Å²) in [5, 5.41) is 8.87. The molecule has 1 amide bonds. The number of benzene rings is 1. The summed E-state index contributed by atoms with van der Waals surface area (Å²) in [7, 11) is 1.57. The monoisotopic (exact) mass is 357 g/mol. The van der Waals surface area contributed by atoms with Crippen molar-refractivity contribution in [3.63, 3.8) is 0 Å². The fourth-order valence-electron chi connectivity index (χ4n) is 1.44. The quantitative estimate of drug-likeness (QED) is 0.856. The van der Waals surface area contributed by atoms with E-state index in [2.05, 4.69) is 28.1 Å². The standard InChI is InChI=1S/C13H12BrNO2S2/c1-15(13(16)17)8-10-7-11(14)12(19-10)18-9-5-3-2-4-6-9/h2-7H,8H2,1H3,(H,16,17). The van der Waals surface area contributed by atoms with Crippen LogP contribution in [0.2, 0.25) is 0 Å². The van der Waals surface area contributed by atoms with Crippen molar-refractivity contribution < 1.29 is 9.90 Å². The SMILES string of the molecule is CN(Cc1cc(Br)c(Sc2ccccc2)s1)C(=O)O. The van der Waals surface area contributed by atoms with E-state index in [-0.39, 0.29) is 0 Å². The van der Waals surface area contributed by atoms with Gasteiger partial charge in [0, 0.05) is 21.3 Å². The molecule has 0 radical (unpaired) electrons. The van der Waals surface area contributed by atoms with E-state index in [1.807, 2.05) is 24.3 Å². The highest BCUT2D eigenvalue weighted by atomic mass is 79.9. The lowest BCUT2D eigenvalue weighted by atomic mass is 10.4. The number of amides is 1. The van der Waals surface area contributed by atoms with Crippen LogP contribution in [0.5, 0.6) is 0 Å². The molecule has 0 saturated carbocycles.